The number of benzene rings is 1. The maximum Gasteiger partial charge on any atom is 0.224 e. The van der Waals surface area contributed by atoms with Crippen molar-refractivity contribution in [2.24, 2.45) is 0 Å². The maximum absolute atomic E-state index is 13.1. The molecule has 1 heterocycles. The van der Waals surface area contributed by atoms with Crippen molar-refractivity contribution in [1.82, 2.24) is 9.97 Å². The first kappa shape index (κ1) is 13.4. The van der Waals surface area contributed by atoms with E-state index in [1.165, 1.54) is 25.4 Å². The second-order valence-corrected chi connectivity index (χ2v) is 4.02. The summed E-state index contributed by atoms with van der Waals surface area (Å²) in [5.74, 6) is 0.812. The highest BCUT2D eigenvalue weighted by atomic mass is 35.5. The number of nitrogens with one attached hydrogen (secondary N) is 2. The van der Waals surface area contributed by atoms with Gasteiger partial charge in [-0.25, -0.2) is 9.37 Å². The fourth-order valence-electron chi connectivity index (χ4n) is 1.47. The maximum atomic E-state index is 13.1. The number of halogens is 2. The first-order valence-corrected chi connectivity index (χ1v) is 5.82. The van der Waals surface area contributed by atoms with E-state index in [4.69, 9.17) is 16.3 Å². The number of ether oxygens (including phenoxy) is 1. The Hall–Kier alpha value is -2.08. The van der Waals surface area contributed by atoms with E-state index < -0.39 is 0 Å². The SMILES string of the molecule is CNc1ncc(Cl)c(Nc2ccc(F)cc2OC)n1. The lowest BCUT2D eigenvalue weighted by Gasteiger charge is -2.12. The van der Waals surface area contributed by atoms with E-state index in [2.05, 4.69) is 20.6 Å². The summed E-state index contributed by atoms with van der Waals surface area (Å²) in [6, 6.07) is 4.14. The van der Waals surface area contributed by atoms with E-state index >= 15 is 0 Å². The number of methoxy groups -OCH3 is 1. The highest BCUT2D eigenvalue weighted by molar-refractivity contribution is 6.32. The van der Waals surface area contributed by atoms with Crippen LogP contribution >= 0.6 is 11.6 Å². The number of anilines is 3. The predicted octanol–water partition coefficient (Wildman–Crippen LogP) is 3.06. The smallest absolute Gasteiger partial charge is 0.224 e. The minimum atomic E-state index is -0.382. The van der Waals surface area contributed by atoms with Crippen LogP contribution in [-0.2, 0) is 0 Å². The molecule has 0 aliphatic heterocycles. The fourth-order valence-corrected chi connectivity index (χ4v) is 1.61. The van der Waals surface area contributed by atoms with Gasteiger partial charge in [0.25, 0.3) is 0 Å². The van der Waals surface area contributed by atoms with E-state index in [0.717, 1.165) is 0 Å². The summed E-state index contributed by atoms with van der Waals surface area (Å²) in [6.07, 6.45) is 1.47. The molecule has 0 amide bonds. The van der Waals surface area contributed by atoms with Gasteiger partial charge in [-0.3, -0.25) is 0 Å². The van der Waals surface area contributed by atoms with Crippen LogP contribution in [0.1, 0.15) is 0 Å². The highest BCUT2D eigenvalue weighted by Gasteiger charge is 2.09. The minimum absolute atomic E-state index is 0.352. The molecular formula is C12H12ClFN4O. The molecule has 0 spiro atoms. The molecule has 0 radical (unpaired) electrons. The minimum Gasteiger partial charge on any atom is -0.494 e. The molecule has 2 aromatic rings. The van der Waals surface area contributed by atoms with Crippen molar-refractivity contribution < 1.29 is 9.13 Å². The van der Waals surface area contributed by atoms with Gasteiger partial charge in [-0.1, -0.05) is 11.6 Å². The lowest BCUT2D eigenvalue weighted by atomic mass is 10.3. The predicted molar refractivity (Wildman–Crippen MR) is 72.8 cm³/mol. The quantitative estimate of drug-likeness (QED) is 0.902. The molecule has 0 atom stereocenters. The third-order valence-corrected chi connectivity index (χ3v) is 2.66. The standard InChI is InChI=1S/C12H12ClFN4O/c1-15-12-16-6-8(13)11(18-12)17-9-4-3-7(14)5-10(9)19-2/h3-6H,1-2H3,(H2,15,16,17,18). The summed E-state index contributed by atoms with van der Waals surface area (Å²) >= 11 is 6.00. The molecule has 0 saturated carbocycles. The molecule has 0 aliphatic carbocycles. The van der Waals surface area contributed by atoms with Gasteiger partial charge in [-0.05, 0) is 12.1 Å². The second kappa shape index (κ2) is 5.71. The summed E-state index contributed by atoms with van der Waals surface area (Å²) in [7, 11) is 3.16. The lowest BCUT2D eigenvalue weighted by Crippen LogP contribution is -2.02. The molecule has 1 aromatic carbocycles. The van der Waals surface area contributed by atoms with E-state index in [9.17, 15) is 4.39 Å². The first-order chi connectivity index (χ1) is 9.13. The number of nitrogens with zero attached hydrogens (tertiary/aromatic N) is 2. The molecule has 1 aromatic heterocycles. The van der Waals surface area contributed by atoms with Crippen LogP contribution in [0.5, 0.6) is 5.75 Å². The Bertz CT molecular complexity index is 594. The van der Waals surface area contributed by atoms with Gasteiger partial charge in [0.2, 0.25) is 5.95 Å². The van der Waals surface area contributed by atoms with Crippen LogP contribution in [0.3, 0.4) is 0 Å². The van der Waals surface area contributed by atoms with Crippen molar-refractivity contribution in [3.8, 4) is 5.75 Å². The highest BCUT2D eigenvalue weighted by Crippen LogP contribution is 2.30. The third-order valence-electron chi connectivity index (χ3n) is 2.38. The molecule has 0 bridgehead atoms. The number of hydrogen-bond acceptors (Lipinski definition) is 5. The van der Waals surface area contributed by atoms with Gasteiger partial charge in [0.1, 0.15) is 16.6 Å². The second-order valence-electron chi connectivity index (χ2n) is 3.61. The lowest BCUT2D eigenvalue weighted by molar-refractivity contribution is 0.413. The zero-order valence-corrected chi connectivity index (χ0v) is 11.1. The third kappa shape index (κ3) is 3.03. The van der Waals surface area contributed by atoms with Crippen LogP contribution in [0.2, 0.25) is 5.02 Å². The molecule has 5 nitrogen and oxygen atoms in total. The van der Waals surface area contributed by atoms with E-state index in [0.29, 0.717) is 28.2 Å². The fraction of sp³-hybridized carbons (Fsp3) is 0.167. The summed E-state index contributed by atoms with van der Waals surface area (Å²) in [6.45, 7) is 0. The van der Waals surface area contributed by atoms with Crippen LogP contribution in [0, 0.1) is 5.82 Å². The number of hydrogen-bond donors (Lipinski definition) is 2. The van der Waals surface area contributed by atoms with E-state index in [1.807, 2.05) is 0 Å². The molecule has 0 aliphatic rings. The topological polar surface area (TPSA) is 59.1 Å². The molecule has 19 heavy (non-hydrogen) atoms. The Labute approximate surface area is 114 Å². The molecule has 0 fully saturated rings. The molecule has 0 saturated heterocycles. The number of aromatic nitrogens is 2. The van der Waals surface area contributed by atoms with Crippen molar-refractivity contribution in [2.45, 2.75) is 0 Å². The molecule has 100 valence electrons. The molecular weight excluding hydrogens is 271 g/mol. The van der Waals surface area contributed by atoms with Gasteiger partial charge in [0.15, 0.2) is 5.82 Å². The summed E-state index contributed by atoms with van der Waals surface area (Å²) in [4.78, 5) is 8.14. The van der Waals surface area contributed by atoms with Gasteiger partial charge in [0, 0.05) is 13.1 Å². The van der Waals surface area contributed by atoms with Gasteiger partial charge in [-0.2, -0.15) is 4.98 Å². The van der Waals surface area contributed by atoms with Gasteiger partial charge in [-0.15, -0.1) is 0 Å². The van der Waals surface area contributed by atoms with Gasteiger partial charge >= 0.3 is 0 Å². The van der Waals surface area contributed by atoms with Crippen LogP contribution in [0.25, 0.3) is 0 Å². The summed E-state index contributed by atoms with van der Waals surface area (Å²) in [5.41, 5.74) is 0.562. The van der Waals surface area contributed by atoms with Crippen molar-refractivity contribution in [3.63, 3.8) is 0 Å². The van der Waals surface area contributed by atoms with Gasteiger partial charge < -0.3 is 15.4 Å². The zero-order chi connectivity index (χ0) is 13.8. The number of rotatable bonds is 4. The average Bonchev–Trinajstić information content (AvgIpc) is 2.43. The van der Waals surface area contributed by atoms with Crippen molar-refractivity contribution in [3.05, 3.63) is 35.2 Å². The molecule has 7 heteroatoms. The van der Waals surface area contributed by atoms with Crippen molar-refractivity contribution in [2.75, 3.05) is 24.8 Å². The molecule has 2 rings (SSSR count). The van der Waals surface area contributed by atoms with E-state index in [1.54, 1.807) is 13.1 Å². The summed E-state index contributed by atoms with van der Waals surface area (Å²) in [5, 5.41) is 6.14. The first-order valence-electron chi connectivity index (χ1n) is 5.45. The van der Waals surface area contributed by atoms with Crippen molar-refractivity contribution in [1.29, 1.82) is 0 Å². The van der Waals surface area contributed by atoms with E-state index in [-0.39, 0.29) is 5.82 Å². The monoisotopic (exact) mass is 282 g/mol. The van der Waals surface area contributed by atoms with Crippen LogP contribution in [0.4, 0.5) is 21.8 Å². The summed E-state index contributed by atoms with van der Waals surface area (Å²) < 4.78 is 18.2. The van der Waals surface area contributed by atoms with Gasteiger partial charge in [0.05, 0.1) is 19.0 Å². The zero-order valence-electron chi connectivity index (χ0n) is 10.4. The average molecular weight is 283 g/mol. The Kier molecular flexibility index (Phi) is 4.01. The Balaban J connectivity index is 2.35. The normalized spacial score (nSPS) is 10.1. The Morgan fingerprint density at radius 3 is 2.84 bits per heavy atom. The largest absolute Gasteiger partial charge is 0.494 e. The molecule has 0 unspecified atom stereocenters. The molecule has 2 N–H and O–H groups in total. The van der Waals surface area contributed by atoms with Crippen LogP contribution < -0.4 is 15.4 Å². The van der Waals surface area contributed by atoms with Crippen LogP contribution in [-0.4, -0.2) is 24.1 Å². The Morgan fingerprint density at radius 2 is 2.16 bits per heavy atom. The van der Waals surface area contributed by atoms with Crippen LogP contribution in [0.15, 0.2) is 24.4 Å². The van der Waals surface area contributed by atoms with Crippen molar-refractivity contribution >= 4 is 29.1 Å². The Morgan fingerprint density at radius 1 is 1.37 bits per heavy atom.